The molecule has 1 fully saturated rings. The molecule has 0 aromatic heterocycles. The van der Waals surface area contributed by atoms with Gasteiger partial charge in [-0.25, -0.2) is 0 Å². The SMILES string of the molecule is CC(NC(=O)CC1(N)CCC1)c1cccc(O)c1. The predicted octanol–water partition coefficient (Wildman–Crippen LogP) is 1.84. The molecule has 0 aliphatic heterocycles. The minimum absolute atomic E-state index is 0.0203. The number of hydrogen-bond acceptors (Lipinski definition) is 3. The van der Waals surface area contributed by atoms with E-state index in [4.69, 9.17) is 5.73 Å². The van der Waals surface area contributed by atoms with Gasteiger partial charge in [0.2, 0.25) is 5.91 Å². The van der Waals surface area contributed by atoms with Gasteiger partial charge in [0.15, 0.2) is 0 Å². The zero-order chi connectivity index (χ0) is 13.2. The fourth-order valence-corrected chi connectivity index (χ4v) is 2.30. The Hall–Kier alpha value is -1.55. The highest BCUT2D eigenvalue weighted by atomic mass is 16.3. The van der Waals surface area contributed by atoms with Crippen LogP contribution in [0.15, 0.2) is 24.3 Å². The molecule has 0 radical (unpaired) electrons. The van der Waals surface area contributed by atoms with Gasteiger partial charge < -0.3 is 16.2 Å². The van der Waals surface area contributed by atoms with Crippen LogP contribution in [0.4, 0.5) is 0 Å². The summed E-state index contributed by atoms with van der Waals surface area (Å²) in [6.07, 6.45) is 3.36. The van der Waals surface area contributed by atoms with Crippen molar-refractivity contribution in [3.05, 3.63) is 29.8 Å². The van der Waals surface area contributed by atoms with E-state index in [-0.39, 0.29) is 23.2 Å². The van der Waals surface area contributed by atoms with Crippen LogP contribution >= 0.6 is 0 Å². The predicted molar refractivity (Wildman–Crippen MR) is 70.1 cm³/mol. The lowest BCUT2D eigenvalue weighted by atomic mass is 9.75. The van der Waals surface area contributed by atoms with Crippen LogP contribution in [0.5, 0.6) is 5.75 Å². The van der Waals surface area contributed by atoms with Gasteiger partial charge in [-0.3, -0.25) is 4.79 Å². The Morgan fingerprint density at radius 3 is 2.83 bits per heavy atom. The minimum atomic E-state index is -0.289. The third-order valence-corrected chi connectivity index (χ3v) is 3.61. The highest BCUT2D eigenvalue weighted by Gasteiger charge is 2.34. The van der Waals surface area contributed by atoms with Crippen LogP contribution in [0, 0.1) is 0 Å². The number of aromatic hydroxyl groups is 1. The lowest BCUT2D eigenvalue weighted by molar-refractivity contribution is -0.123. The first kappa shape index (κ1) is 12.9. The molecular weight excluding hydrogens is 228 g/mol. The Morgan fingerprint density at radius 2 is 2.28 bits per heavy atom. The van der Waals surface area contributed by atoms with E-state index in [1.165, 1.54) is 0 Å². The van der Waals surface area contributed by atoms with Gasteiger partial charge in [-0.1, -0.05) is 12.1 Å². The Kier molecular flexibility index (Phi) is 3.57. The van der Waals surface area contributed by atoms with E-state index >= 15 is 0 Å². The number of carbonyl (C=O) groups is 1. The first-order valence-corrected chi connectivity index (χ1v) is 6.36. The second-order valence-electron chi connectivity index (χ2n) is 5.28. The van der Waals surface area contributed by atoms with Crippen LogP contribution in [0.1, 0.15) is 44.2 Å². The summed E-state index contributed by atoms with van der Waals surface area (Å²) in [5.74, 6) is 0.191. The van der Waals surface area contributed by atoms with Crippen molar-refractivity contribution in [3.8, 4) is 5.75 Å². The third-order valence-electron chi connectivity index (χ3n) is 3.61. The zero-order valence-electron chi connectivity index (χ0n) is 10.6. The molecule has 98 valence electrons. The molecule has 18 heavy (non-hydrogen) atoms. The number of nitrogens with two attached hydrogens (primary N) is 1. The summed E-state index contributed by atoms with van der Waals surface area (Å²) in [5.41, 5.74) is 6.64. The van der Waals surface area contributed by atoms with Crippen LogP contribution in [0.3, 0.4) is 0 Å². The van der Waals surface area contributed by atoms with Crippen molar-refractivity contribution < 1.29 is 9.90 Å². The quantitative estimate of drug-likeness (QED) is 0.761. The molecule has 1 saturated carbocycles. The largest absolute Gasteiger partial charge is 0.508 e. The van der Waals surface area contributed by atoms with Crippen LogP contribution < -0.4 is 11.1 Å². The molecule has 4 nitrogen and oxygen atoms in total. The lowest BCUT2D eigenvalue weighted by Crippen LogP contribution is -2.50. The molecule has 1 aliphatic rings. The normalized spacial score (nSPS) is 18.8. The lowest BCUT2D eigenvalue weighted by Gasteiger charge is -2.37. The van der Waals surface area contributed by atoms with Crippen molar-refractivity contribution in [1.29, 1.82) is 0 Å². The third kappa shape index (κ3) is 3.01. The van der Waals surface area contributed by atoms with E-state index in [0.717, 1.165) is 24.8 Å². The molecule has 1 unspecified atom stereocenters. The smallest absolute Gasteiger partial charge is 0.222 e. The highest BCUT2D eigenvalue weighted by Crippen LogP contribution is 2.32. The molecule has 4 heteroatoms. The van der Waals surface area contributed by atoms with Crippen molar-refractivity contribution >= 4 is 5.91 Å². The summed E-state index contributed by atoms with van der Waals surface area (Å²) in [6.45, 7) is 1.90. The Morgan fingerprint density at radius 1 is 1.56 bits per heavy atom. The summed E-state index contributed by atoms with van der Waals surface area (Å²) in [6, 6.07) is 6.80. The number of carbonyl (C=O) groups excluding carboxylic acids is 1. The van der Waals surface area contributed by atoms with E-state index in [2.05, 4.69) is 5.32 Å². The van der Waals surface area contributed by atoms with E-state index < -0.39 is 0 Å². The molecule has 0 saturated heterocycles. The van der Waals surface area contributed by atoms with E-state index in [1.807, 2.05) is 13.0 Å². The van der Waals surface area contributed by atoms with Crippen molar-refractivity contribution in [2.45, 2.75) is 44.2 Å². The second kappa shape index (κ2) is 4.98. The van der Waals surface area contributed by atoms with Gasteiger partial charge in [-0.15, -0.1) is 0 Å². The summed E-state index contributed by atoms with van der Waals surface area (Å²) in [5, 5.41) is 12.3. The van der Waals surface area contributed by atoms with Crippen molar-refractivity contribution in [2.75, 3.05) is 0 Å². The number of nitrogens with one attached hydrogen (secondary N) is 1. The van der Waals surface area contributed by atoms with Gasteiger partial charge in [-0.05, 0) is 43.9 Å². The monoisotopic (exact) mass is 248 g/mol. The molecular formula is C14H20N2O2. The molecule has 0 heterocycles. The molecule has 0 bridgehead atoms. The Bertz CT molecular complexity index is 441. The minimum Gasteiger partial charge on any atom is -0.508 e. The van der Waals surface area contributed by atoms with Gasteiger partial charge in [0.1, 0.15) is 5.75 Å². The van der Waals surface area contributed by atoms with E-state index in [0.29, 0.717) is 6.42 Å². The molecule has 2 rings (SSSR count). The summed E-state index contributed by atoms with van der Waals surface area (Å²) in [7, 11) is 0. The average molecular weight is 248 g/mol. The maximum atomic E-state index is 11.9. The van der Waals surface area contributed by atoms with Crippen molar-refractivity contribution in [3.63, 3.8) is 0 Å². The van der Waals surface area contributed by atoms with E-state index in [9.17, 15) is 9.90 Å². The maximum Gasteiger partial charge on any atom is 0.222 e. The summed E-state index contributed by atoms with van der Waals surface area (Å²) >= 11 is 0. The Labute approximate surface area is 107 Å². The first-order chi connectivity index (χ1) is 8.48. The fourth-order valence-electron chi connectivity index (χ4n) is 2.30. The first-order valence-electron chi connectivity index (χ1n) is 6.36. The van der Waals surface area contributed by atoms with Gasteiger partial charge in [0.25, 0.3) is 0 Å². The Balaban J connectivity index is 1.90. The van der Waals surface area contributed by atoms with Gasteiger partial charge in [0, 0.05) is 12.0 Å². The fraction of sp³-hybridized carbons (Fsp3) is 0.500. The summed E-state index contributed by atoms with van der Waals surface area (Å²) < 4.78 is 0. The van der Waals surface area contributed by atoms with Crippen LogP contribution in [-0.2, 0) is 4.79 Å². The average Bonchev–Trinajstić information content (AvgIpc) is 2.26. The van der Waals surface area contributed by atoms with Crippen molar-refractivity contribution in [2.24, 2.45) is 5.73 Å². The number of amides is 1. The van der Waals surface area contributed by atoms with Crippen LogP contribution in [0.2, 0.25) is 0 Å². The van der Waals surface area contributed by atoms with Gasteiger partial charge in [0.05, 0.1) is 6.04 Å². The van der Waals surface area contributed by atoms with Crippen molar-refractivity contribution in [1.82, 2.24) is 5.32 Å². The highest BCUT2D eigenvalue weighted by molar-refractivity contribution is 5.77. The summed E-state index contributed by atoms with van der Waals surface area (Å²) in [4.78, 5) is 11.9. The second-order valence-corrected chi connectivity index (χ2v) is 5.28. The number of hydrogen-bond donors (Lipinski definition) is 3. The number of benzene rings is 1. The number of rotatable bonds is 4. The molecule has 4 N–H and O–H groups in total. The van der Waals surface area contributed by atoms with Gasteiger partial charge in [-0.2, -0.15) is 0 Å². The zero-order valence-corrected chi connectivity index (χ0v) is 10.6. The molecule has 1 aromatic carbocycles. The molecule has 1 aliphatic carbocycles. The topological polar surface area (TPSA) is 75.4 Å². The standard InChI is InChI=1S/C14H20N2O2/c1-10(11-4-2-5-12(17)8-11)16-13(18)9-14(15)6-3-7-14/h2,4-5,8,10,17H,3,6-7,9,15H2,1H3,(H,16,18). The number of phenols is 1. The molecule has 1 atom stereocenters. The number of phenolic OH excluding ortho intramolecular Hbond substituents is 1. The van der Waals surface area contributed by atoms with Gasteiger partial charge >= 0.3 is 0 Å². The van der Waals surface area contributed by atoms with Crippen LogP contribution in [-0.4, -0.2) is 16.6 Å². The molecule has 1 aromatic rings. The maximum absolute atomic E-state index is 11.9. The molecule has 0 spiro atoms. The van der Waals surface area contributed by atoms with Crippen LogP contribution in [0.25, 0.3) is 0 Å². The van der Waals surface area contributed by atoms with E-state index in [1.54, 1.807) is 18.2 Å². The molecule has 1 amide bonds.